The first-order valence-electron chi connectivity index (χ1n) is 9.27. The predicted octanol–water partition coefficient (Wildman–Crippen LogP) is 3.90. The van der Waals surface area contributed by atoms with Gasteiger partial charge in [-0.25, -0.2) is 9.59 Å². The maximum Gasteiger partial charge on any atom is 0.361 e. The monoisotopic (exact) mass is 424 g/mol. The number of ether oxygens (including phenoxy) is 2. The van der Waals surface area contributed by atoms with Crippen LogP contribution >= 0.6 is 7.60 Å². The second-order valence-electron chi connectivity index (χ2n) is 6.71. The van der Waals surface area contributed by atoms with Gasteiger partial charge in [0.1, 0.15) is 12.2 Å². The summed E-state index contributed by atoms with van der Waals surface area (Å²) in [6.07, 6.45) is 0.742. The van der Waals surface area contributed by atoms with Gasteiger partial charge in [-0.1, -0.05) is 45.2 Å². The van der Waals surface area contributed by atoms with Crippen molar-refractivity contribution in [1.82, 2.24) is 0 Å². The molecule has 29 heavy (non-hydrogen) atoms. The van der Waals surface area contributed by atoms with Crippen LogP contribution in [0.15, 0.2) is 49.6 Å². The van der Waals surface area contributed by atoms with E-state index in [1.165, 1.54) is 0 Å². The number of benzene rings is 1. The van der Waals surface area contributed by atoms with E-state index in [1.807, 2.05) is 26.0 Å². The molecular formula is C21H29O7P. The molecule has 0 fully saturated rings. The highest BCUT2D eigenvalue weighted by atomic mass is 31.2. The van der Waals surface area contributed by atoms with Crippen LogP contribution in [0.3, 0.4) is 0 Å². The Bertz CT molecular complexity index is 736. The van der Waals surface area contributed by atoms with Crippen molar-refractivity contribution < 1.29 is 32.7 Å². The zero-order chi connectivity index (χ0) is 22.0. The molecule has 1 rings (SSSR count). The molecule has 0 aliphatic carbocycles. The highest BCUT2D eigenvalue weighted by Gasteiger charge is 2.33. The predicted molar refractivity (Wildman–Crippen MR) is 111 cm³/mol. The maximum absolute atomic E-state index is 13.7. The third-order valence-corrected chi connectivity index (χ3v) is 5.76. The third-order valence-electron chi connectivity index (χ3n) is 3.78. The molecule has 0 saturated carbocycles. The second kappa shape index (κ2) is 11.7. The van der Waals surface area contributed by atoms with Crippen LogP contribution in [0.4, 0.5) is 0 Å². The van der Waals surface area contributed by atoms with Crippen LogP contribution in [0.25, 0.3) is 0 Å². The Morgan fingerprint density at radius 3 is 1.79 bits per heavy atom. The van der Waals surface area contributed by atoms with Gasteiger partial charge in [0.15, 0.2) is 0 Å². The van der Waals surface area contributed by atoms with E-state index in [0.717, 1.165) is 17.7 Å². The Balaban J connectivity index is 3.06. The largest absolute Gasteiger partial charge is 0.457 e. The van der Waals surface area contributed by atoms with E-state index in [2.05, 4.69) is 13.2 Å². The maximum atomic E-state index is 13.7. The van der Waals surface area contributed by atoms with Gasteiger partial charge in [0.05, 0.1) is 18.5 Å². The Kier molecular flexibility index (Phi) is 10.0. The summed E-state index contributed by atoms with van der Waals surface area (Å²) in [7, 11) is -3.81. The van der Waals surface area contributed by atoms with Gasteiger partial charge in [-0.2, -0.15) is 0 Å². The topological polar surface area (TPSA) is 88.1 Å². The fourth-order valence-corrected chi connectivity index (χ4v) is 4.45. The lowest BCUT2D eigenvalue weighted by atomic mass is 10.0. The number of rotatable bonds is 12. The normalized spacial score (nSPS) is 15.1. The molecule has 7 nitrogen and oxygen atoms in total. The van der Waals surface area contributed by atoms with E-state index in [0.29, 0.717) is 5.30 Å². The molecule has 0 aromatic heterocycles. The van der Waals surface area contributed by atoms with Gasteiger partial charge < -0.3 is 18.5 Å². The quantitative estimate of drug-likeness (QED) is 0.286. The van der Waals surface area contributed by atoms with E-state index in [4.69, 9.17) is 18.5 Å². The summed E-state index contributed by atoms with van der Waals surface area (Å²) in [6, 6.07) is 7.10. The smallest absolute Gasteiger partial charge is 0.361 e. The minimum absolute atomic E-state index is 0.0683. The minimum Gasteiger partial charge on any atom is -0.457 e. The summed E-state index contributed by atoms with van der Waals surface area (Å²) < 4.78 is 35.1. The first-order valence-corrected chi connectivity index (χ1v) is 10.8. The first kappa shape index (κ1) is 24.8. The zero-order valence-corrected chi connectivity index (χ0v) is 18.2. The number of esters is 2. The summed E-state index contributed by atoms with van der Waals surface area (Å²) in [5.41, 5.74) is 0.808. The van der Waals surface area contributed by atoms with Gasteiger partial charge in [-0.05, 0) is 31.4 Å². The zero-order valence-electron chi connectivity index (χ0n) is 17.3. The van der Waals surface area contributed by atoms with Crippen molar-refractivity contribution in [3.63, 3.8) is 0 Å². The molecule has 0 radical (unpaired) electrons. The highest BCUT2D eigenvalue weighted by Crippen LogP contribution is 2.49. The molecular weight excluding hydrogens is 395 g/mol. The lowest BCUT2D eigenvalue weighted by Crippen LogP contribution is -2.25. The Hall–Kier alpha value is -2.21. The molecule has 0 N–H and O–H groups in total. The van der Waals surface area contributed by atoms with E-state index in [-0.39, 0.29) is 19.1 Å². The number of hydrogen-bond acceptors (Lipinski definition) is 7. The second-order valence-corrected chi connectivity index (χ2v) is 8.70. The van der Waals surface area contributed by atoms with Crippen molar-refractivity contribution in [2.45, 2.75) is 45.8 Å². The van der Waals surface area contributed by atoms with Crippen molar-refractivity contribution in [3.8, 4) is 0 Å². The van der Waals surface area contributed by atoms with Crippen molar-refractivity contribution in [1.29, 1.82) is 0 Å². The van der Waals surface area contributed by atoms with Gasteiger partial charge in [-0.15, -0.1) is 0 Å². The van der Waals surface area contributed by atoms with Gasteiger partial charge in [0.25, 0.3) is 0 Å². The van der Waals surface area contributed by atoms with Crippen molar-refractivity contribution in [2.24, 2.45) is 0 Å². The Morgan fingerprint density at radius 2 is 1.38 bits per heavy atom. The third kappa shape index (κ3) is 7.97. The fraction of sp³-hybridized carbons (Fsp3) is 0.429. The van der Waals surface area contributed by atoms with Crippen LogP contribution in [0.1, 0.15) is 39.2 Å². The summed E-state index contributed by atoms with van der Waals surface area (Å²) in [4.78, 5) is 22.7. The molecule has 0 aliphatic heterocycles. The average molecular weight is 424 g/mol. The fourth-order valence-electron chi connectivity index (χ4n) is 2.37. The van der Waals surface area contributed by atoms with Crippen LogP contribution in [-0.2, 0) is 32.7 Å². The van der Waals surface area contributed by atoms with Crippen LogP contribution in [0.5, 0.6) is 0 Å². The van der Waals surface area contributed by atoms with Crippen LogP contribution in [0, 0.1) is 0 Å². The van der Waals surface area contributed by atoms with Crippen molar-refractivity contribution in [2.75, 3.05) is 13.2 Å². The number of carbonyl (C=O) groups excluding carboxylic acids is 2. The molecule has 0 saturated heterocycles. The van der Waals surface area contributed by atoms with Gasteiger partial charge >= 0.3 is 19.5 Å². The summed E-state index contributed by atoms with van der Waals surface area (Å²) in [5, 5.41) is 0.416. The van der Waals surface area contributed by atoms with Gasteiger partial charge in [0.2, 0.25) is 0 Å². The molecule has 8 heteroatoms. The van der Waals surface area contributed by atoms with Crippen LogP contribution < -0.4 is 5.30 Å². The standard InChI is InChI=1S/C21H29O7P/c1-7-20(22)27-16(5)13-25-29(24,26-14-17(6)28-21(23)8-2)19-12-10-9-11-18(19)15(3)4/h7-12,15-17H,1-2,13-14H2,3-6H3. The van der Waals surface area contributed by atoms with Gasteiger partial charge in [0, 0.05) is 12.2 Å². The van der Waals surface area contributed by atoms with Crippen molar-refractivity contribution in [3.05, 3.63) is 55.1 Å². The van der Waals surface area contributed by atoms with E-state index in [9.17, 15) is 14.2 Å². The molecule has 0 bridgehead atoms. The van der Waals surface area contributed by atoms with Crippen molar-refractivity contribution >= 4 is 24.8 Å². The Morgan fingerprint density at radius 1 is 0.931 bits per heavy atom. The summed E-state index contributed by atoms with van der Waals surface area (Å²) in [5.74, 6) is -1.15. The molecule has 1 aromatic rings. The lowest BCUT2D eigenvalue weighted by molar-refractivity contribution is -0.143. The molecule has 160 valence electrons. The molecule has 0 amide bonds. The first-order chi connectivity index (χ1) is 13.6. The van der Waals surface area contributed by atoms with E-state index in [1.54, 1.807) is 26.0 Å². The SMILES string of the molecule is C=CC(=O)OC(C)COP(=O)(OCC(C)OC(=O)C=C)c1ccccc1C(C)C. The van der Waals surface area contributed by atoms with E-state index >= 15 is 0 Å². The molecule has 2 unspecified atom stereocenters. The summed E-state index contributed by atoms with van der Waals surface area (Å²) >= 11 is 0. The summed E-state index contributed by atoms with van der Waals surface area (Å²) in [6.45, 7) is 13.5. The minimum atomic E-state index is -3.81. The molecule has 2 atom stereocenters. The lowest BCUT2D eigenvalue weighted by Gasteiger charge is -2.25. The average Bonchev–Trinajstić information content (AvgIpc) is 2.70. The molecule has 0 heterocycles. The van der Waals surface area contributed by atoms with Gasteiger partial charge in [-0.3, -0.25) is 4.57 Å². The van der Waals surface area contributed by atoms with E-state index < -0.39 is 31.7 Å². The Labute approximate surface area is 172 Å². The number of carbonyl (C=O) groups is 2. The highest BCUT2D eigenvalue weighted by molar-refractivity contribution is 7.62. The number of hydrogen-bond donors (Lipinski definition) is 0. The molecule has 0 spiro atoms. The van der Waals surface area contributed by atoms with Crippen LogP contribution in [0.2, 0.25) is 0 Å². The molecule has 1 aromatic carbocycles. The van der Waals surface area contributed by atoms with Crippen LogP contribution in [-0.4, -0.2) is 37.4 Å². The molecule has 0 aliphatic rings.